The van der Waals surface area contributed by atoms with Crippen LogP contribution >= 0.6 is 15.9 Å². The average Bonchev–Trinajstić information content (AvgIpc) is 3.39. The van der Waals surface area contributed by atoms with Gasteiger partial charge in [0, 0.05) is 12.1 Å². The average molecular weight is 557 g/mol. The molecule has 0 radical (unpaired) electrons. The van der Waals surface area contributed by atoms with Gasteiger partial charge in [0.2, 0.25) is 0 Å². The zero-order chi connectivity index (χ0) is 25.2. The molecule has 35 heavy (non-hydrogen) atoms. The molecular weight excluding hydrogens is 529 g/mol. The summed E-state index contributed by atoms with van der Waals surface area (Å²) in [6.45, 7) is 2.84. The van der Waals surface area contributed by atoms with E-state index in [1.807, 2.05) is 6.92 Å². The van der Waals surface area contributed by atoms with Crippen molar-refractivity contribution in [2.24, 2.45) is 17.8 Å². The largest absolute Gasteiger partial charge is 0.493 e. The van der Waals surface area contributed by atoms with E-state index in [1.54, 1.807) is 12.1 Å². The molecule has 0 saturated heterocycles. The SMILES string of the molecule is CCOc1c(OC)cc(Br)nc1C(=O)NC1CC2CC1CC2COCc1cccc(C(F)(F)F)c1. The Kier molecular flexibility index (Phi) is 7.90. The molecule has 4 atom stereocenters. The zero-order valence-corrected chi connectivity index (χ0v) is 21.1. The maximum atomic E-state index is 13.1. The minimum Gasteiger partial charge on any atom is -0.493 e. The number of nitrogens with one attached hydrogen (secondary N) is 1. The summed E-state index contributed by atoms with van der Waals surface area (Å²) >= 11 is 3.32. The number of fused-ring (bicyclic) bond motifs is 2. The highest BCUT2D eigenvalue weighted by Crippen LogP contribution is 2.49. The predicted octanol–water partition coefficient (Wildman–Crippen LogP) is 5.63. The molecule has 1 amide bonds. The van der Waals surface area contributed by atoms with Gasteiger partial charge in [0.25, 0.3) is 5.91 Å². The Morgan fingerprint density at radius 3 is 2.66 bits per heavy atom. The number of carbonyl (C=O) groups excluding carboxylic acids is 1. The van der Waals surface area contributed by atoms with Crippen LogP contribution in [0.4, 0.5) is 13.2 Å². The number of benzene rings is 1. The molecule has 2 aliphatic carbocycles. The third-order valence-corrected chi connectivity index (χ3v) is 7.21. The van der Waals surface area contributed by atoms with Gasteiger partial charge in [0.15, 0.2) is 17.2 Å². The number of carbonyl (C=O) groups is 1. The molecule has 2 bridgehead atoms. The summed E-state index contributed by atoms with van der Waals surface area (Å²) in [5, 5.41) is 3.12. The minimum absolute atomic E-state index is 0.0356. The van der Waals surface area contributed by atoms with Crippen LogP contribution in [0.3, 0.4) is 0 Å². The number of pyridine rings is 1. The van der Waals surface area contributed by atoms with E-state index < -0.39 is 11.7 Å². The van der Waals surface area contributed by atoms with Crippen molar-refractivity contribution in [1.29, 1.82) is 0 Å². The lowest BCUT2D eigenvalue weighted by Gasteiger charge is -2.28. The van der Waals surface area contributed by atoms with E-state index in [2.05, 4.69) is 26.2 Å². The van der Waals surface area contributed by atoms with Crippen LogP contribution < -0.4 is 14.8 Å². The van der Waals surface area contributed by atoms with Gasteiger partial charge in [0.05, 0.1) is 32.5 Å². The van der Waals surface area contributed by atoms with E-state index in [4.69, 9.17) is 14.2 Å². The molecule has 4 rings (SSSR count). The maximum Gasteiger partial charge on any atom is 0.416 e. The highest BCUT2D eigenvalue weighted by Gasteiger charge is 2.46. The summed E-state index contributed by atoms with van der Waals surface area (Å²) < 4.78 is 56.0. The number of amides is 1. The Bertz CT molecular complexity index is 1070. The maximum absolute atomic E-state index is 13.1. The second-order valence-electron chi connectivity index (χ2n) is 9.04. The van der Waals surface area contributed by atoms with E-state index in [1.165, 1.54) is 13.2 Å². The molecule has 10 heteroatoms. The molecule has 1 aromatic carbocycles. The van der Waals surface area contributed by atoms with Gasteiger partial charge in [-0.2, -0.15) is 13.2 Å². The van der Waals surface area contributed by atoms with Gasteiger partial charge in [-0.3, -0.25) is 4.79 Å². The van der Waals surface area contributed by atoms with Gasteiger partial charge in [-0.05, 0) is 77.6 Å². The number of halogens is 4. The normalized spacial score (nSPS) is 23.4. The Morgan fingerprint density at radius 1 is 1.20 bits per heavy atom. The fraction of sp³-hybridized carbons (Fsp3) is 0.520. The van der Waals surface area contributed by atoms with Crippen molar-refractivity contribution in [2.45, 2.75) is 45.0 Å². The molecule has 1 heterocycles. The fourth-order valence-corrected chi connectivity index (χ4v) is 5.63. The van der Waals surface area contributed by atoms with E-state index in [9.17, 15) is 18.0 Å². The molecule has 0 spiro atoms. The molecule has 4 unspecified atom stereocenters. The third kappa shape index (κ3) is 5.91. The van der Waals surface area contributed by atoms with Crippen molar-refractivity contribution in [2.75, 3.05) is 20.3 Å². The first-order valence-electron chi connectivity index (χ1n) is 11.6. The number of aromatic nitrogens is 1. The van der Waals surface area contributed by atoms with E-state index in [0.717, 1.165) is 31.4 Å². The number of methoxy groups -OCH3 is 1. The number of ether oxygens (including phenoxy) is 3. The smallest absolute Gasteiger partial charge is 0.416 e. The van der Waals surface area contributed by atoms with Gasteiger partial charge in [-0.15, -0.1) is 0 Å². The van der Waals surface area contributed by atoms with Crippen LogP contribution in [-0.4, -0.2) is 37.3 Å². The van der Waals surface area contributed by atoms with Crippen molar-refractivity contribution < 1.29 is 32.2 Å². The summed E-state index contributed by atoms with van der Waals surface area (Å²) in [5.74, 6) is 1.52. The lowest BCUT2D eigenvalue weighted by molar-refractivity contribution is -0.137. The molecule has 1 N–H and O–H groups in total. The van der Waals surface area contributed by atoms with Gasteiger partial charge in [-0.1, -0.05) is 12.1 Å². The van der Waals surface area contributed by atoms with Crippen LogP contribution in [0.2, 0.25) is 0 Å². The highest BCUT2D eigenvalue weighted by atomic mass is 79.9. The molecule has 6 nitrogen and oxygen atoms in total. The Labute approximate surface area is 210 Å². The Morgan fingerprint density at radius 2 is 2.00 bits per heavy atom. The molecule has 1 aromatic heterocycles. The first-order chi connectivity index (χ1) is 16.7. The van der Waals surface area contributed by atoms with E-state index in [0.29, 0.717) is 52.6 Å². The summed E-state index contributed by atoms with van der Waals surface area (Å²) in [6, 6.07) is 6.93. The first-order valence-corrected chi connectivity index (χ1v) is 12.4. The summed E-state index contributed by atoms with van der Waals surface area (Å²) in [4.78, 5) is 17.4. The Hall–Kier alpha value is -2.33. The van der Waals surface area contributed by atoms with Crippen LogP contribution in [0.5, 0.6) is 11.5 Å². The molecule has 2 saturated carbocycles. The second-order valence-corrected chi connectivity index (χ2v) is 9.85. The molecular formula is C25H28BrF3N2O4. The fourth-order valence-electron chi connectivity index (χ4n) is 5.25. The highest BCUT2D eigenvalue weighted by molar-refractivity contribution is 9.10. The number of hydrogen-bond donors (Lipinski definition) is 1. The standard InChI is InChI=1S/C25H28BrF3N2O4/c1-3-35-23-20(33-2)11-21(26)31-22(23)24(32)30-19-10-15-8-16(19)9-17(15)13-34-12-14-5-4-6-18(7-14)25(27,28)29/h4-7,11,15-17,19H,3,8-10,12-13H2,1-2H3,(H,30,32). The quantitative estimate of drug-likeness (QED) is 0.405. The number of nitrogens with zero attached hydrogens (tertiary/aromatic N) is 1. The second kappa shape index (κ2) is 10.7. The van der Waals surface area contributed by atoms with Crippen molar-refractivity contribution in [3.63, 3.8) is 0 Å². The predicted molar refractivity (Wildman–Crippen MR) is 126 cm³/mol. The molecule has 2 aromatic rings. The lowest BCUT2D eigenvalue weighted by atomic mass is 9.86. The molecule has 2 aliphatic rings. The molecule has 0 aliphatic heterocycles. The summed E-state index contributed by atoms with van der Waals surface area (Å²) in [6.07, 6.45) is -1.62. The topological polar surface area (TPSA) is 69.7 Å². The summed E-state index contributed by atoms with van der Waals surface area (Å²) in [7, 11) is 1.51. The van der Waals surface area contributed by atoms with E-state index >= 15 is 0 Å². The molecule has 190 valence electrons. The number of hydrogen-bond acceptors (Lipinski definition) is 5. The minimum atomic E-state index is -4.36. The van der Waals surface area contributed by atoms with Crippen LogP contribution in [0.1, 0.15) is 47.8 Å². The first kappa shape index (κ1) is 25.8. The van der Waals surface area contributed by atoms with Crippen LogP contribution in [0, 0.1) is 17.8 Å². The summed E-state index contributed by atoms with van der Waals surface area (Å²) in [5.41, 5.74) is 0.0270. The van der Waals surface area contributed by atoms with Gasteiger partial charge in [-0.25, -0.2) is 4.98 Å². The Balaban J connectivity index is 1.31. The van der Waals surface area contributed by atoms with Gasteiger partial charge < -0.3 is 19.5 Å². The van der Waals surface area contributed by atoms with E-state index in [-0.39, 0.29) is 24.2 Å². The van der Waals surface area contributed by atoms with Crippen molar-refractivity contribution in [3.8, 4) is 11.5 Å². The lowest BCUT2D eigenvalue weighted by Crippen LogP contribution is -2.40. The third-order valence-electron chi connectivity index (χ3n) is 6.81. The van der Waals surface area contributed by atoms with Gasteiger partial charge >= 0.3 is 6.18 Å². The van der Waals surface area contributed by atoms with Crippen LogP contribution in [0.15, 0.2) is 34.9 Å². The zero-order valence-electron chi connectivity index (χ0n) is 19.5. The number of rotatable bonds is 9. The van der Waals surface area contributed by atoms with Crippen molar-refractivity contribution in [3.05, 3.63) is 51.8 Å². The molecule has 2 fully saturated rings. The number of alkyl halides is 3. The van der Waals surface area contributed by atoms with Crippen LogP contribution in [-0.2, 0) is 17.5 Å². The van der Waals surface area contributed by atoms with Crippen molar-refractivity contribution >= 4 is 21.8 Å². The van der Waals surface area contributed by atoms with Crippen LogP contribution in [0.25, 0.3) is 0 Å². The monoisotopic (exact) mass is 556 g/mol. The van der Waals surface area contributed by atoms with Gasteiger partial charge in [0.1, 0.15) is 4.60 Å². The van der Waals surface area contributed by atoms with Crippen molar-refractivity contribution in [1.82, 2.24) is 10.3 Å².